The minimum Gasteiger partial charge on any atom is -0.478 e. The molecule has 0 saturated carbocycles. The van der Waals surface area contributed by atoms with Crippen LogP contribution in [0.15, 0.2) is 42.7 Å². The number of aromatic nitrogens is 1. The first-order chi connectivity index (χ1) is 9.08. The van der Waals surface area contributed by atoms with Gasteiger partial charge < -0.3 is 5.11 Å². The lowest BCUT2D eigenvalue weighted by Crippen LogP contribution is -2.02. The molecule has 0 aliphatic carbocycles. The number of hydrogen-bond acceptors (Lipinski definition) is 4. The van der Waals surface area contributed by atoms with E-state index in [-0.39, 0.29) is 11.3 Å². The summed E-state index contributed by atoms with van der Waals surface area (Å²) in [6, 6.07) is 7.44. The number of pyridine rings is 1. The third-order valence-electron chi connectivity index (χ3n) is 2.67. The fraction of sp³-hybridized carbons (Fsp3) is 0.0769. The van der Waals surface area contributed by atoms with Crippen LogP contribution in [0.25, 0.3) is 0 Å². The molecule has 0 bridgehead atoms. The highest BCUT2D eigenvalue weighted by Crippen LogP contribution is 2.23. The average molecular weight is 258 g/mol. The second-order valence-electron chi connectivity index (χ2n) is 3.94. The van der Waals surface area contributed by atoms with Crippen molar-refractivity contribution in [3.8, 4) is 0 Å². The van der Waals surface area contributed by atoms with Crippen molar-refractivity contribution < 1.29 is 14.8 Å². The SMILES string of the molecule is O=C(O)c1ccc(Cc2ccncc2)c([N+](=O)[O-])c1. The minimum atomic E-state index is -1.18. The number of nitro benzene ring substituents is 1. The molecule has 2 rings (SSSR count). The lowest BCUT2D eigenvalue weighted by Gasteiger charge is -2.04. The number of nitro groups is 1. The molecule has 6 nitrogen and oxygen atoms in total. The summed E-state index contributed by atoms with van der Waals surface area (Å²) in [4.78, 5) is 25.1. The first-order valence-electron chi connectivity index (χ1n) is 5.47. The zero-order valence-electron chi connectivity index (χ0n) is 9.81. The van der Waals surface area contributed by atoms with Gasteiger partial charge in [-0.25, -0.2) is 4.79 Å². The first kappa shape index (κ1) is 12.7. The lowest BCUT2D eigenvalue weighted by atomic mass is 10.0. The van der Waals surface area contributed by atoms with Crippen LogP contribution in [0.2, 0.25) is 0 Å². The molecule has 0 atom stereocenters. The number of nitrogens with zero attached hydrogens (tertiary/aromatic N) is 2. The highest BCUT2D eigenvalue weighted by molar-refractivity contribution is 5.88. The molecule has 0 saturated heterocycles. The molecule has 1 N–H and O–H groups in total. The van der Waals surface area contributed by atoms with E-state index in [9.17, 15) is 14.9 Å². The van der Waals surface area contributed by atoms with Gasteiger partial charge in [-0.2, -0.15) is 0 Å². The Morgan fingerprint density at radius 3 is 2.53 bits per heavy atom. The van der Waals surface area contributed by atoms with Crippen LogP contribution in [0.5, 0.6) is 0 Å². The van der Waals surface area contributed by atoms with Crippen LogP contribution in [0.3, 0.4) is 0 Å². The molecule has 1 aromatic carbocycles. The lowest BCUT2D eigenvalue weighted by molar-refractivity contribution is -0.385. The van der Waals surface area contributed by atoms with Gasteiger partial charge in [-0.05, 0) is 23.8 Å². The van der Waals surface area contributed by atoms with Crippen molar-refractivity contribution in [3.05, 3.63) is 69.5 Å². The maximum absolute atomic E-state index is 11.0. The van der Waals surface area contributed by atoms with Crippen molar-refractivity contribution in [1.29, 1.82) is 0 Å². The van der Waals surface area contributed by atoms with Gasteiger partial charge in [0.25, 0.3) is 5.69 Å². The standard InChI is InChI=1S/C13H10N2O4/c16-13(17)11-2-1-10(12(8-11)15(18)19)7-9-3-5-14-6-4-9/h1-6,8H,7H2,(H,16,17). The van der Waals surface area contributed by atoms with E-state index < -0.39 is 10.9 Å². The Morgan fingerprint density at radius 2 is 1.95 bits per heavy atom. The van der Waals surface area contributed by atoms with Gasteiger partial charge in [0.05, 0.1) is 10.5 Å². The topological polar surface area (TPSA) is 93.3 Å². The fourth-order valence-corrected chi connectivity index (χ4v) is 1.74. The number of aromatic carboxylic acids is 1. The molecule has 0 aliphatic rings. The second kappa shape index (κ2) is 5.26. The number of carbonyl (C=O) groups is 1. The van der Waals surface area contributed by atoms with Crippen LogP contribution >= 0.6 is 0 Å². The molecule has 0 spiro atoms. The molecule has 0 unspecified atom stereocenters. The number of rotatable bonds is 4. The maximum atomic E-state index is 11.0. The highest BCUT2D eigenvalue weighted by Gasteiger charge is 2.17. The molecule has 0 amide bonds. The van der Waals surface area contributed by atoms with Crippen molar-refractivity contribution >= 4 is 11.7 Å². The number of benzene rings is 1. The smallest absolute Gasteiger partial charge is 0.335 e. The van der Waals surface area contributed by atoms with Crippen molar-refractivity contribution in [2.24, 2.45) is 0 Å². The summed E-state index contributed by atoms with van der Waals surface area (Å²) in [5.74, 6) is -1.18. The molecule has 19 heavy (non-hydrogen) atoms. The number of carboxylic acid groups (broad SMARTS) is 1. The summed E-state index contributed by atoms with van der Waals surface area (Å²) in [7, 11) is 0. The zero-order valence-corrected chi connectivity index (χ0v) is 9.81. The Balaban J connectivity index is 2.40. The molecule has 0 aliphatic heterocycles. The molecule has 1 aromatic heterocycles. The largest absolute Gasteiger partial charge is 0.478 e. The van der Waals surface area contributed by atoms with E-state index in [1.165, 1.54) is 12.1 Å². The monoisotopic (exact) mass is 258 g/mol. The van der Waals surface area contributed by atoms with Gasteiger partial charge >= 0.3 is 5.97 Å². The van der Waals surface area contributed by atoms with Crippen LogP contribution < -0.4 is 0 Å². The Labute approximate surface area is 108 Å². The van der Waals surface area contributed by atoms with Crippen LogP contribution in [0.1, 0.15) is 21.5 Å². The van der Waals surface area contributed by atoms with Crippen LogP contribution in [-0.4, -0.2) is 21.0 Å². The molecule has 1 heterocycles. The van der Waals surface area contributed by atoms with E-state index in [1.807, 2.05) is 0 Å². The summed E-state index contributed by atoms with van der Waals surface area (Å²) in [5.41, 5.74) is 1.07. The Kier molecular flexibility index (Phi) is 3.51. The third-order valence-corrected chi connectivity index (χ3v) is 2.67. The van der Waals surface area contributed by atoms with E-state index >= 15 is 0 Å². The van der Waals surface area contributed by atoms with Crippen molar-refractivity contribution in [2.45, 2.75) is 6.42 Å². The quantitative estimate of drug-likeness (QED) is 0.670. The summed E-state index contributed by atoms with van der Waals surface area (Å²) in [6.07, 6.45) is 3.57. The van der Waals surface area contributed by atoms with Crippen molar-refractivity contribution in [1.82, 2.24) is 4.98 Å². The van der Waals surface area contributed by atoms with Gasteiger partial charge in [0.15, 0.2) is 0 Å². The Hall–Kier alpha value is -2.76. The average Bonchev–Trinajstić information content (AvgIpc) is 2.39. The van der Waals surface area contributed by atoms with Gasteiger partial charge in [0, 0.05) is 30.4 Å². The second-order valence-corrected chi connectivity index (χ2v) is 3.94. The summed E-state index contributed by atoms with van der Waals surface area (Å²) >= 11 is 0. The van der Waals surface area contributed by atoms with Gasteiger partial charge in [-0.1, -0.05) is 6.07 Å². The summed E-state index contributed by atoms with van der Waals surface area (Å²) < 4.78 is 0. The van der Waals surface area contributed by atoms with Crippen LogP contribution in [0, 0.1) is 10.1 Å². The minimum absolute atomic E-state index is 0.0924. The molecule has 0 fully saturated rings. The molecular formula is C13H10N2O4. The van der Waals surface area contributed by atoms with Gasteiger partial charge in [-0.15, -0.1) is 0 Å². The van der Waals surface area contributed by atoms with Crippen LogP contribution in [-0.2, 0) is 6.42 Å². The Morgan fingerprint density at radius 1 is 1.26 bits per heavy atom. The van der Waals surface area contributed by atoms with Crippen molar-refractivity contribution in [2.75, 3.05) is 0 Å². The Bertz CT molecular complexity index is 626. The predicted octanol–water partition coefficient (Wildman–Crippen LogP) is 2.28. The first-order valence-corrected chi connectivity index (χ1v) is 5.47. The third kappa shape index (κ3) is 2.92. The molecular weight excluding hydrogens is 248 g/mol. The van der Waals surface area contributed by atoms with E-state index in [0.29, 0.717) is 12.0 Å². The fourth-order valence-electron chi connectivity index (χ4n) is 1.74. The summed E-state index contributed by atoms with van der Waals surface area (Å²) in [6.45, 7) is 0. The molecule has 2 aromatic rings. The molecule has 6 heteroatoms. The van der Waals surface area contributed by atoms with Gasteiger partial charge in [-0.3, -0.25) is 15.1 Å². The molecule has 0 radical (unpaired) electrons. The van der Waals surface area contributed by atoms with Crippen LogP contribution in [0.4, 0.5) is 5.69 Å². The summed E-state index contributed by atoms with van der Waals surface area (Å²) in [5, 5.41) is 19.8. The van der Waals surface area contributed by atoms with E-state index in [2.05, 4.69) is 4.98 Å². The number of hydrogen-bond donors (Lipinski definition) is 1. The molecule has 96 valence electrons. The highest BCUT2D eigenvalue weighted by atomic mass is 16.6. The zero-order chi connectivity index (χ0) is 13.8. The van der Waals surface area contributed by atoms with E-state index in [0.717, 1.165) is 11.6 Å². The predicted molar refractivity (Wildman–Crippen MR) is 67.1 cm³/mol. The van der Waals surface area contributed by atoms with E-state index in [4.69, 9.17) is 5.11 Å². The van der Waals surface area contributed by atoms with Crippen molar-refractivity contribution in [3.63, 3.8) is 0 Å². The normalized spacial score (nSPS) is 10.1. The number of carboxylic acids is 1. The van der Waals surface area contributed by atoms with E-state index in [1.54, 1.807) is 24.5 Å². The van der Waals surface area contributed by atoms with Gasteiger partial charge in [0.2, 0.25) is 0 Å². The van der Waals surface area contributed by atoms with Gasteiger partial charge in [0.1, 0.15) is 0 Å². The maximum Gasteiger partial charge on any atom is 0.335 e.